The number of benzene rings is 2. The van der Waals surface area contributed by atoms with Crippen molar-refractivity contribution in [2.75, 3.05) is 30.3 Å². The van der Waals surface area contributed by atoms with E-state index in [9.17, 15) is 18.0 Å². The molecule has 0 spiro atoms. The number of hydrogen-bond acceptors (Lipinski definition) is 6. The first kappa shape index (κ1) is 24.1. The van der Waals surface area contributed by atoms with Gasteiger partial charge in [0, 0.05) is 23.6 Å². The van der Waals surface area contributed by atoms with Crippen LogP contribution >= 0.6 is 11.6 Å². The van der Waals surface area contributed by atoms with Crippen molar-refractivity contribution in [3.05, 3.63) is 58.1 Å². The third-order valence-electron chi connectivity index (χ3n) is 5.16. The second-order valence-electron chi connectivity index (χ2n) is 7.73. The number of aryl methyl sites for hydroxylation is 2. The van der Waals surface area contributed by atoms with E-state index in [1.807, 2.05) is 6.92 Å². The molecule has 2 aromatic carbocycles. The Morgan fingerprint density at radius 3 is 2.66 bits per heavy atom. The number of rotatable bonds is 9. The molecule has 0 N–H and O–H groups in total. The lowest BCUT2D eigenvalue weighted by Gasteiger charge is -2.29. The highest BCUT2D eigenvalue weighted by Crippen LogP contribution is 2.30. The number of ketones is 1. The minimum absolute atomic E-state index is 0.132. The van der Waals surface area contributed by atoms with Gasteiger partial charge in [0.1, 0.15) is 5.75 Å². The third kappa shape index (κ3) is 6.23. The number of ether oxygens (including phenoxy) is 2. The lowest BCUT2D eigenvalue weighted by Crippen LogP contribution is -2.34. The fourth-order valence-corrected chi connectivity index (χ4v) is 4.78. The molecule has 0 amide bonds. The topological polar surface area (TPSA) is 90.0 Å². The van der Waals surface area contributed by atoms with Crippen molar-refractivity contribution in [3.63, 3.8) is 0 Å². The van der Waals surface area contributed by atoms with Crippen molar-refractivity contribution in [2.24, 2.45) is 0 Å². The van der Waals surface area contributed by atoms with E-state index in [2.05, 4.69) is 0 Å². The van der Waals surface area contributed by atoms with Gasteiger partial charge < -0.3 is 9.47 Å². The Morgan fingerprint density at radius 2 is 1.94 bits per heavy atom. The SMILES string of the molecule is Cc1cc(Cl)ccc1OCCCC(=O)OCC(=O)c1ccc2c(c1)CCCN2S(C)(=O)=O. The van der Waals surface area contributed by atoms with E-state index >= 15 is 0 Å². The zero-order valence-electron chi connectivity index (χ0n) is 18.1. The predicted octanol–water partition coefficient (Wildman–Crippen LogP) is 3.95. The van der Waals surface area contributed by atoms with Gasteiger partial charge in [-0.25, -0.2) is 8.42 Å². The van der Waals surface area contributed by atoms with Crippen LogP contribution in [0.1, 0.15) is 40.7 Å². The molecular weight excluding hydrogens is 454 g/mol. The van der Waals surface area contributed by atoms with E-state index in [1.165, 1.54) is 10.6 Å². The molecule has 0 atom stereocenters. The summed E-state index contributed by atoms with van der Waals surface area (Å²) in [6, 6.07) is 10.2. The van der Waals surface area contributed by atoms with Gasteiger partial charge in [-0.2, -0.15) is 0 Å². The molecule has 1 aliphatic heterocycles. The molecule has 2 aromatic rings. The number of nitrogens with zero attached hydrogens (tertiary/aromatic N) is 1. The molecule has 7 nitrogen and oxygen atoms in total. The van der Waals surface area contributed by atoms with Gasteiger partial charge in [-0.05, 0) is 73.7 Å². The molecule has 1 aliphatic rings. The third-order valence-corrected chi connectivity index (χ3v) is 6.58. The van der Waals surface area contributed by atoms with Crippen molar-refractivity contribution in [2.45, 2.75) is 32.6 Å². The number of fused-ring (bicyclic) bond motifs is 1. The number of halogens is 1. The molecule has 0 bridgehead atoms. The summed E-state index contributed by atoms with van der Waals surface area (Å²) < 4.78 is 36.0. The quantitative estimate of drug-likeness (QED) is 0.307. The fourth-order valence-electron chi connectivity index (χ4n) is 3.56. The van der Waals surface area contributed by atoms with Crippen LogP contribution in [0.15, 0.2) is 36.4 Å². The monoisotopic (exact) mass is 479 g/mol. The molecule has 172 valence electrons. The first-order valence-electron chi connectivity index (χ1n) is 10.3. The van der Waals surface area contributed by atoms with Crippen LogP contribution in [-0.2, 0) is 26.0 Å². The summed E-state index contributed by atoms with van der Waals surface area (Å²) in [5.74, 6) is -0.0959. The molecule has 9 heteroatoms. The molecule has 0 saturated carbocycles. The lowest BCUT2D eigenvalue weighted by atomic mass is 9.99. The number of anilines is 1. The summed E-state index contributed by atoms with van der Waals surface area (Å²) in [7, 11) is -3.36. The van der Waals surface area contributed by atoms with Crippen molar-refractivity contribution in [1.29, 1.82) is 0 Å². The van der Waals surface area contributed by atoms with E-state index < -0.39 is 16.0 Å². The maximum atomic E-state index is 12.4. The Hall–Kier alpha value is -2.58. The Kier molecular flexibility index (Phi) is 7.79. The number of hydrogen-bond donors (Lipinski definition) is 0. The zero-order valence-corrected chi connectivity index (χ0v) is 19.7. The molecule has 0 saturated heterocycles. The molecule has 1 heterocycles. The average molecular weight is 480 g/mol. The van der Waals surface area contributed by atoms with Gasteiger partial charge in [0.15, 0.2) is 12.4 Å². The van der Waals surface area contributed by atoms with Crippen LogP contribution in [0.2, 0.25) is 5.02 Å². The minimum Gasteiger partial charge on any atom is -0.493 e. The second-order valence-corrected chi connectivity index (χ2v) is 10.1. The molecule has 0 radical (unpaired) electrons. The average Bonchev–Trinajstić information content (AvgIpc) is 2.74. The highest BCUT2D eigenvalue weighted by Gasteiger charge is 2.24. The van der Waals surface area contributed by atoms with Crippen LogP contribution in [0.25, 0.3) is 0 Å². The van der Waals surface area contributed by atoms with E-state index in [-0.39, 0.29) is 18.8 Å². The van der Waals surface area contributed by atoms with Crippen molar-refractivity contribution < 1.29 is 27.5 Å². The van der Waals surface area contributed by atoms with Gasteiger partial charge >= 0.3 is 5.97 Å². The predicted molar refractivity (Wildman–Crippen MR) is 123 cm³/mol. The number of esters is 1. The zero-order chi connectivity index (χ0) is 23.3. The van der Waals surface area contributed by atoms with Crippen molar-refractivity contribution >= 4 is 39.1 Å². The summed E-state index contributed by atoms with van der Waals surface area (Å²) in [5, 5.41) is 0.634. The van der Waals surface area contributed by atoms with Crippen LogP contribution in [0.4, 0.5) is 5.69 Å². The van der Waals surface area contributed by atoms with Crippen LogP contribution in [0.5, 0.6) is 5.75 Å². The van der Waals surface area contributed by atoms with Crippen LogP contribution < -0.4 is 9.04 Å². The standard InChI is InChI=1S/C23H26ClNO6S/c1-16-13-19(24)8-10-22(16)30-12-4-6-23(27)31-15-21(26)18-7-9-20-17(14-18)5-3-11-25(20)32(2,28)29/h7-10,13-14H,3-6,11-12,15H2,1-2H3. The fraction of sp³-hybridized carbons (Fsp3) is 0.391. The van der Waals surface area contributed by atoms with E-state index in [0.29, 0.717) is 54.4 Å². The molecule has 0 aliphatic carbocycles. The number of carbonyl (C=O) groups is 2. The largest absolute Gasteiger partial charge is 0.493 e. The Balaban J connectivity index is 1.46. The summed E-state index contributed by atoms with van der Waals surface area (Å²) in [4.78, 5) is 24.4. The Morgan fingerprint density at radius 1 is 1.16 bits per heavy atom. The molecule has 32 heavy (non-hydrogen) atoms. The summed E-state index contributed by atoms with van der Waals surface area (Å²) in [6.07, 6.45) is 3.13. The molecule has 3 rings (SSSR count). The number of carbonyl (C=O) groups excluding carboxylic acids is 2. The van der Waals surface area contributed by atoms with Gasteiger partial charge in [-0.15, -0.1) is 0 Å². The van der Waals surface area contributed by atoms with Gasteiger partial charge in [0.2, 0.25) is 10.0 Å². The van der Waals surface area contributed by atoms with Gasteiger partial charge in [-0.1, -0.05) is 11.6 Å². The van der Waals surface area contributed by atoms with Crippen LogP contribution in [0.3, 0.4) is 0 Å². The van der Waals surface area contributed by atoms with Crippen LogP contribution in [0, 0.1) is 6.92 Å². The van der Waals surface area contributed by atoms with E-state index in [0.717, 1.165) is 11.1 Å². The number of sulfonamides is 1. The minimum atomic E-state index is -3.36. The number of Topliss-reactive ketones (excluding diaryl/α,β-unsaturated/α-hetero) is 1. The van der Waals surface area contributed by atoms with E-state index in [1.54, 1.807) is 36.4 Å². The summed E-state index contributed by atoms with van der Waals surface area (Å²) in [6.45, 7) is 2.30. The highest BCUT2D eigenvalue weighted by atomic mass is 35.5. The molecule has 0 unspecified atom stereocenters. The highest BCUT2D eigenvalue weighted by molar-refractivity contribution is 7.92. The molecular formula is C23H26ClNO6S. The Bertz CT molecular complexity index is 1120. The summed E-state index contributed by atoms with van der Waals surface area (Å²) in [5.41, 5.74) is 2.71. The van der Waals surface area contributed by atoms with Gasteiger partial charge in [-0.3, -0.25) is 13.9 Å². The Labute approximate surface area is 193 Å². The van der Waals surface area contributed by atoms with E-state index in [4.69, 9.17) is 21.1 Å². The smallest absolute Gasteiger partial charge is 0.306 e. The summed E-state index contributed by atoms with van der Waals surface area (Å²) >= 11 is 5.91. The van der Waals surface area contributed by atoms with Crippen molar-refractivity contribution in [3.8, 4) is 5.75 Å². The first-order chi connectivity index (χ1) is 15.1. The van der Waals surface area contributed by atoms with Crippen LogP contribution in [-0.4, -0.2) is 46.2 Å². The van der Waals surface area contributed by atoms with Gasteiger partial charge in [0.25, 0.3) is 0 Å². The lowest BCUT2D eigenvalue weighted by molar-refractivity contribution is -0.142. The maximum Gasteiger partial charge on any atom is 0.306 e. The van der Waals surface area contributed by atoms with Gasteiger partial charge in [0.05, 0.1) is 18.6 Å². The second kappa shape index (κ2) is 10.4. The maximum absolute atomic E-state index is 12.4. The molecule has 0 aromatic heterocycles. The first-order valence-corrected chi connectivity index (χ1v) is 12.6. The van der Waals surface area contributed by atoms with Crippen molar-refractivity contribution in [1.82, 2.24) is 0 Å². The normalized spacial score (nSPS) is 13.4. The molecule has 0 fully saturated rings.